The van der Waals surface area contributed by atoms with E-state index in [2.05, 4.69) is 30.5 Å². The Morgan fingerprint density at radius 1 is 1.02 bits per heavy atom. The molecule has 220 valence electrons. The van der Waals surface area contributed by atoms with E-state index in [-0.39, 0.29) is 34.7 Å². The van der Waals surface area contributed by atoms with Crippen LogP contribution in [0.5, 0.6) is 17.2 Å². The summed E-state index contributed by atoms with van der Waals surface area (Å²) in [6.45, 7) is 4.85. The quantitative estimate of drug-likeness (QED) is 0.196. The highest BCUT2D eigenvalue weighted by atomic mass is 19.4. The van der Waals surface area contributed by atoms with Crippen LogP contribution in [0, 0.1) is 0 Å². The first-order valence-corrected chi connectivity index (χ1v) is 12.5. The molecular weight excluding hydrogens is 551 g/mol. The molecule has 15 heteroatoms. The van der Waals surface area contributed by atoms with E-state index in [0.717, 1.165) is 45.3 Å². The molecule has 1 aromatic heterocycles. The third-order valence-electron chi connectivity index (χ3n) is 6.01. The van der Waals surface area contributed by atoms with Crippen LogP contribution in [-0.2, 0) is 9.53 Å². The number of nitrogens with zero attached hydrogens (tertiary/aromatic N) is 3. The Balaban J connectivity index is 1.42. The first-order valence-electron chi connectivity index (χ1n) is 12.5. The van der Waals surface area contributed by atoms with Gasteiger partial charge in [0.25, 0.3) is 11.8 Å². The molecule has 2 heterocycles. The molecule has 0 atom stereocenters. The lowest BCUT2D eigenvalue weighted by Gasteiger charge is -2.26. The molecule has 1 saturated heterocycles. The van der Waals surface area contributed by atoms with Gasteiger partial charge in [0.1, 0.15) is 17.2 Å². The Hall–Kier alpha value is -4.37. The molecular formula is C26H28F3N5O7. The van der Waals surface area contributed by atoms with Crippen molar-refractivity contribution >= 4 is 23.6 Å². The van der Waals surface area contributed by atoms with E-state index in [9.17, 15) is 22.8 Å². The molecule has 0 saturated carbocycles. The van der Waals surface area contributed by atoms with Crippen molar-refractivity contribution in [3.05, 3.63) is 42.0 Å². The van der Waals surface area contributed by atoms with Gasteiger partial charge in [-0.15, -0.1) is 5.10 Å². The molecule has 2 aromatic carbocycles. The number of esters is 1. The van der Waals surface area contributed by atoms with E-state index in [1.54, 1.807) is 6.07 Å². The van der Waals surface area contributed by atoms with Crippen molar-refractivity contribution in [2.24, 2.45) is 0 Å². The highest BCUT2D eigenvalue weighted by Crippen LogP contribution is 2.33. The molecule has 0 spiro atoms. The Bertz CT molecular complexity index is 1360. The lowest BCUT2D eigenvalue weighted by Crippen LogP contribution is -2.37. The van der Waals surface area contributed by atoms with Gasteiger partial charge >= 0.3 is 18.2 Å². The number of hydrogen-bond donors (Lipinski definition) is 2. The average Bonchev–Trinajstić information content (AvgIpc) is 3.44. The van der Waals surface area contributed by atoms with Crippen molar-refractivity contribution in [1.29, 1.82) is 0 Å². The fraction of sp³-hybridized carbons (Fsp3) is 0.385. The Morgan fingerprint density at radius 3 is 2.51 bits per heavy atom. The Morgan fingerprint density at radius 2 is 1.80 bits per heavy atom. The molecule has 1 aliphatic heterocycles. The summed E-state index contributed by atoms with van der Waals surface area (Å²) in [6, 6.07) is 8.31. The van der Waals surface area contributed by atoms with Crippen LogP contribution in [0.25, 0.3) is 11.5 Å². The van der Waals surface area contributed by atoms with Gasteiger partial charge in [0.2, 0.25) is 0 Å². The smallest absolute Gasteiger partial charge is 0.491 e. The minimum absolute atomic E-state index is 0.0862. The number of carbonyl (C=O) groups excluding carboxylic acids is 2. The lowest BCUT2D eigenvalue weighted by molar-refractivity contribution is -0.189. The van der Waals surface area contributed by atoms with Gasteiger partial charge in [-0.25, -0.2) is 4.79 Å². The van der Waals surface area contributed by atoms with Gasteiger partial charge in [0.15, 0.2) is 0 Å². The summed E-state index contributed by atoms with van der Waals surface area (Å²) in [6.07, 6.45) is -4.38. The zero-order valence-electron chi connectivity index (χ0n) is 22.2. The SMILES string of the molecule is COc1ccc(C(=O)Nc2ccc(-c3nnc(NCCCN4CCOCC4)o3)c(OC)c2)c(OC(=O)C(F)(F)F)c1. The van der Waals surface area contributed by atoms with Gasteiger partial charge in [0.05, 0.1) is 38.6 Å². The predicted molar refractivity (Wildman–Crippen MR) is 139 cm³/mol. The van der Waals surface area contributed by atoms with E-state index < -0.39 is 23.8 Å². The van der Waals surface area contributed by atoms with Crippen molar-refractivity contribution < 1.29 is 46.1 Å². The number of alkyl halides is 3. The standard InChI is InChI=1S/C26H28F3N5O7/c1-37-17-5-7-18(21(15-17)40-24(36)26(27,28)29)22(35)31-16-4-6-19(20(14-16)38-2)23-32-33-25(41-23)30-8-3-9-34-10-12-39-13-11-34/h4-7,14-15H,3,8-13H2,1-2H3,(H,30,33)(H,31,35). The zero-order valence-corrected chi connectivity index (χ0v) is 22.2. The third kappa shape index (κ3) is 7.85. The summed E-state index contributed by atoms with van der Waals surface area (Å²) in [5, 5.41) is 13.7. The van der Waals surface area contributed by atoms with Gasteiger partial charge in [-0.1, -0.05) is 5.10 Å². The number of hydrogen-bond acceptors (Lipinski definition) is 11. The van der Waals surface area contributed by atoms with Gasteiger partial charge in [0, 0.05) is 37.5 Å². The molecule has 2 N–H and O–H groups in total. The monoisotopic (exact) mass is 579 g/mol. The molecule has 0 aliphatic carbocycles. The van der Waals surface area contributed by atoms with Crippen LogP contribution in [-0.4, -0.2) is 86.8 Å². The van der Waals surface area contributed by atoms with Gasteiger partial charge < -0.3 is 34.0 Å². The number of carbonyl (C=O) groups is 2. The molecule has 3 aromatic rings. The number of anilines is 2. The number of benzene rings is 2. The van der Waals surface area contributed by atoms with Crippen LogP contribution >= 0.6 is 0 Å². The van der Waals surface area contributed by atoms with E-state index >= 15 is 0 Å². The molecule has 12 nitrogen and oxygen atoms in total. The molecule has 4 rings (SSSR count). The first kappa shape index (κ1) is 29.6. The van der Waals surface area contributed by atoms with Crippen LogP contribution in [0.2, 0.25) is 0 Å². The molecule has 0 radical (unpaired) electrons. The van der Waals surface area contributed by atoms with Crippen LogP contribution in [0.4, 0.5) is 24.9 Å². The number of nitrogens with one attached hydrogen (secondary N) is 2. The zero-order chi connectivity index (χ0) is 29.4. The number of aromatic nitrogens is 2. The summed E-state index contributed by atoms with van der Waals surface area (Å²) < 4.78 is 64.2. The van der Waals surface area contributed by atoms with Crippen LogP contribution < -0.4 is 24.8 Å². The molecule has 0 unspecified atom stereocenters. The average molecular weight is 580 g/mol. The van der Waals surface area contributed by atoms with Gasteiger partial charge in [-0.3, -0.25) is 9.69 Å². The summed E-state index contributed by atoms with van der Waals surface area (Å²) in [4.78, 5) is 26.6. The minimum atomic E-state index is -5.26. The lowest BCUT2D eigenvalue weighted by atomic mass is 10.1. The van der Waals surface area contributed by atoms with Crippen molar-refractivity contribution in [2.75, 3.05) is 64.2 Å². The molecule has 1 aliphatic rings. The maximum atomic E-state index is 12.9. The number of ether oxygens (including phenoxy) is 4. The number of methoxy groups -OCH3 is 2. The van der Waals surface area contributed by atoms with Crippen molar-refractivity contribution in [3.8, 4) is 28.7 Å². The Kier molecular flexibility index (Phi) is 9.62. The number of rotatable bonds is 11. The maximum absolute atomic E-state index is 12.9. The summed E-state index contributed by atoms with van der Waals surface area (Å²) in [5.74, 6) is -3.40. The van der Waals surface area contributed by atoms with E-state index in [4.69, 9.17) is 18.6 Å². The maximum Gasteiger partial charge on any atom is 0.491 e. The van der Waals surface area contributed by atoms with Crippen LogP contribution in [0.15, 0.2) is 40.8 Å². The third-order valence-corrected chi connectivity index (χ3v) is 6.01. The fourth-order valence-corrected chi connectivity index (χ4v) is 3.93. The largest absolute Gasteiger partial charge is 0.497 e. The second kappa shape index (κ2) is 13.3. The molecule has 0 bridgehead atoms. The minimum Gasteiger partial charge on any atom is -0.497 e. The Labute approximate surface area is 232 Å². The molecule has 1 amide bonds. The summed E-state index contributed by atoms with van der Waals surface area (Å²) in [7, 11) is 2.68. The van der Waals surface area contributed by atoms with Crippen molar-refractivity contribution in [2.45, 2.75) is 12.6 Å². The van der Waals surface area contributed by atoms with Crippen LogP contribution in [0.3, 0.4) is 0 Å². The predicted octanol–water partition coefficient (Wildman–Crippen LogP) is 3.61. The second-order valence-electron chi connectivity index (χ2n) is 8.77. The highest BCUT2D eigenvalue weighted by Gasteiger charge is 2.42. The summed E-state index contributed by atoms with van der Waals surface area (Å²) in [5.41, 5.74) is 0.358. The number of morpholine rings is 1. The van der Waals surface area contributed by atoms with Crippen molar-refractivity contribution in [3.63, 3.8) is 0 Å². The number of amides is 1. The highest BCUT2D eigenvalue weighted by molar-refractivity contribution is 6.07. The van der Waals surface area contributed by atoms with Gasteiger partial charge in [-0.2, -0.15) is 13.2 Å². The van der Waals surface area contributed by atoms with E-state index in [1.807, 2.05) is 0 Å². The van der Waals surface area contributed by atoms with Crippen LogP contribution in [0.1, 0.15) is 16.8 Å². The topological polar surface area (TPSA) is 137 Å². The normalized spacial score (nSPS) is 13.9. The number of halogens is 3. The molecule has 1 fully saturated rings. The van der Waals surface area contributed by atoms with Gasteiger partial charge in [-0.05, 0) is 37.2 Å². The summed E-state index contributed by atoms with van der Waals surface area (Å²) >= 11 is 0. The van der Waals surface area contributed by atoms with E-state index in [0.29, 0.717) is 12.1 Å². The van der Waals surface area contributed by atoms with Crippen molar-refractivity contribution in [1.82, 2.24) is 15.1 Å². The fourth-order valence-electron chi connectivity index (χ4n) is 3.93. The first-order chi connectivity index (χ1) is 19.7. The van der Waals surface area contributed by atoms with E-state index in [1.165, 1.54) is 38.5 Å². The molecule has 41 heavy (non-hydrogen) atoms. The second-order valence-corrected chi connectivity index (χ2v) is 8.77.